The third-order valence-corrected chi connectivity index (χ3v) is 2.75. The van der Waals surface area contributed by atoms with Crippen molar-refractivity contribution in [1.82, 2.24) is 0 Å². The highest BCUT2D eigenvalue weighted by Crippen LogP contribution is 2.35. The van der Waals surface area contributed by atoms with Crippen LogP contribution in [0.5, 0.6) is 0 Å². The third-order valence-electron chi connectivity index (χ3n) is 2.75. The fourth-order valence-corrected chi connectivity index (χ4v) is 1.43. The van der Waals surface area contributed by atoms with Gasteiger partial charge in [0.1, 0.15) is 0 Å². The second-order valence-electron chi connectivity index (χ2n) is 3.80. The lowest BCUT2D eigenvalue weighted by molar-refractivity contribution is -0.154. The van der Waals surface area contributed by atoms with Crippen molar-refractivity contribution in [1.29, 1.82) is 0 Å². The van der Waals surface area contributed by atoms with Gasteiger partial charge in [-0.1, -0.05) is 0 Å². The molecule has 0 aromatic rings. The third kappa shape index (κ3) is 1.97. The molecule has 0 aromatic carbocycles. The first kappa shape index (κ1) is 9.96. The molecule has 1 saturated carbocycles. The zero-order valence-corrected chi connectivity index (χ0v) is 7.92. The number of hydrogen-bond donors (Lipinski definition) is 2. The Labute approximate surface area is 73.9 Å². The highest BCUT2D eigenvalue weighted by Gasteiger charge is 2.38. The fraction of sp³-hybridized carbons (Fsp3) is 1.00. The summed E-state index contributed by atoms with van der Waals surface area (Å²) in [7, 11) is 0. The molecule has 72 valence electrons. The average Bonchev–Trinajstić information content (AvgIpc) is 1.96. The summed E-state index contributed by atoms with van der Waals surface area (Å²) < 4.78 is 5.71. The summed E-state index contributed by atoms with van der Waals surface area (Å²) in [5.41, 5.74) is 5.50. The van der Waals surface area contributed by atoms with E-state index in [2.05, 4.69) is 0 Å². The van der Waals surface area contributed by atoms with Crippen molar-refractivity contribution in [3.8, 4) is 0 Å². The highest BCUT2D eigenvalue weighted by atomic mass is 16.5. The Hall–Kier alpha value is -0.120. The number of rotatable bonds is 4. The van der Waals surface area contributed by atoms with E-state index in [1.807, 2.05) is 6.92 Å². The van der Waals surface area contributed by atoms with Gasteiger partial charge in [-0.2, -0.15) is 0 Å². The van der Waals surface area contributed by atoms with Gasteiger partial charge in [-0.25, -0.2) is 0 Å². The standard InChI is InChI=1S/C9H19NO2/c1-7(11)8(2)12-9(6-10)4-3-5-9/h7-8,11H,3-6,10H2,1-2H3. The number of hydrogen-bond acceptors (Lipinski definition) is 3. The monoisotopic (exact) mass is 173 g/mol. The average molecular weight is 173 g/mol. The predicted molar refractivity (Wildman–Crippen MR) is 47.9 cm³/mol. The van der Waals surface area contributed by atoms with Gasteiger partial charge in [0.05, 0.1) is 17.8 Å². The molecule has 12 heavy (non-hydrogen) atoms. The Morgan fingerprint density at radius 1 is 1.50 bits per heavy atom. The number of aliphatic hydroxyl groups excluding tert-OH is 1. The molecule has 3 heteroatoms. The van der Waals surface area contributed by atoms with Crippen molar-refractivity contribution in [2.45, 2.75) is 50.9 Å². The molecule has 1 aliphatic carbocycles. The molecule has 1 fully saturated rings. The van der Waals surface area contributed by atoms with E-state index in [-0.39, 0.29) is 11.7 Å². The van der Waals surface area contributed by atoms with Gasteiger partial charge in [-0.15, -0.1) is 0 Å². The van der Waals surface area contributed by atoms with Crippen LogP contribution >= 0.6 is 0 Å². The first-order valence-corrected chi connectivity index (χ1v) is 4.65. The maximum absolute atomic E-state index is 9.23. The number of ether oxygens (including phenoxy) is 1. The smallest absolute Gasteiger partial charge is 0.0811 e. The Morgan fingerprint density at radius 3 is 2.33 bits per heavy atom. The molecule has 3 nitrogen and oxygen atoms in total. The maximum Gasteiger partial charge on any atom is 0.0811 e. The molecular formula is C9H19NO2. The minimum absolute atomic E-state index is 0.103. The zero-order chi connectivity index (χ0) is 9.19. The molecular weight excluding hydrogens is 154 g/mol. The minimum atomic E-state index is -0.408. The lowest BCUT2D eigenvalue weighted by atomic mass is 9.80. The molecule has 0 amide bonds. The molecule has 0 saturated heterocycles. The lowest BCUT2D eigenvalue weighted by Gasteiger charge is -2.43. The van der Waals surface area contributed by atoms with Crippen LogP contribution in [-0.4, -0.2) is 29.5 Å². The molecule has 0 bridgehead atoms. The summed E-state index contributed by atoms with van der Waals surface area (Å²) in [5, 5.41) is 9.23. The summed E-state index contributed by atoms with van der Waals surface area (Å²) in [6.07, 6.45) is 2.77. The van der Waals surface area contributed by atoms with Crippen LogP contribution in [0.1, 0.15) is 33.1 Å². The van der Waals surface area contributed by atoms with Crippen molar-refractivity contribution < 1.29 is 9.84 Å². The molecule has 2 atom stereocenters. The van der Waals surface area contributed by atoms with Crippen LogP contribution in [0.15, 0.2) is 0 Å². The van der Waals surface area contributed by atoms with E-state index < -0.39 is 6.10 Å². The highest BCUT2D eigenvalue weighted by molar-refractivity contribution is 4.91. The van der Waals surface area contributed by atoms with Crippen LogP contribution in [0.25, 0.3) is 0 Å². The van der Waals surface area contributed by atoms with E-state index in [0.29, 0.717) is 6.54 Å². The van der Waals surface area contributed by atoms with Crippen LogP contribution in [0.3, 0.4) is 0 Å². The SMILES string of the molecule is CC(O)C(C)OC1(CN)CCC1. The summed E-state index contributed by atoms with van der Waals surface area (Å²) in [5.74, 6) is 0. The second-order valence-corrected chi connectivity index (χ2v) is 3.80. The topological polar surface area (TPSA) is 55.5 Å². The van der Waals surface area contributed by atoms with Gasteiger partial charge in [0.25, 0.3) is 0 Å². The van der Waals surface area contributed by atoms with Crippen LogP contribution < -0.4 is 5.73 Å². The summed E-state index contributed by atoms with van der Waals surface area (Å²) in [4.78, 5) is 0. The molecule has 0 aliphatic heterocycles. The van der Waals surface area contributed by atoms with Crippen molar-refractivity contribution in [2.24, 2.45) is 5.73 Å². The van der Waals surface area contributed by atoms with E-state index >= 15 is 0 Å². The zero-order valence-electron chi connectivity index (χ0n) is 7.92. The molecule has 0 heterocycles. The van der Waals surface area contributed by atoms with Crippen molar-refractivity contribution in [3.63, 3.8) is 0 Å². The Bertz CT molecular complexity index is 138. The van der Waals surface area contributed by atoms with Gasteiger partial charge in [0.15, 0.2) is 0 Å². The van der Waals surface area contributed by atoms with Crippen LogP contribution in [-0.2, 0) is 4.74 Å². The molecule has 1 aliphatic rings. The Balaban J connectivity index is 2.37. The first-order valence-electron chi connectivity index (χ1n) is 4.65. The van der Waals surface area contributed by atoms with E-state index in [4.69, 9.17) is 10.5 Å². The summed E-state index contributed by atoms with van der Waals surface area (Å²) in [6.45, 7) is 4.21. The first-order chi connectivity index (χ1) is 5.59. The van der Waals surface area contributed by atoms with Crippen LogP contribution in [0, 0.1) is 0 Å². The minimum Gasteiger partial charge on any atom is -0.391 e. The van der Waals surface area contributed by atoms with E-state index in [1.165, 1.54) is 6.42 Å². The van der Waals surface area contributed by atoms with Crippen molar-refractivity contribution >= 4 is 0 Å². The van der Waals surface area contributed by atoms with Crippen molar-refractivity contribution in [3.05, 3.63) is 0 Å². The summed E-state index contributed by atoms with van der Waals surface area (Å²) >= 11 is 0. The maximum atomic E-state index is 9.23. The lowest BCUT2D eigenvalue weighted by Crippen LogP contribution is -2.50. The molecule has 0 aromatic heterocycles. The van der Waals surface area contributed by atoms with Gasteiger partial charge >= 0.3 is 0 Å². The Kier molecular flexibility index (Phi) is 3.09. The van der Waals surface area contributed by atoms with E-state index in [1.54, 1.807) is 6.92 Å². The Morgan fingerprint density at radius 2 is 2.08 bits per heavy atom. The fourth-order valence-electron chi connectivity index (χ4n) is 1.43. The van der Waals surface area contributed by atoms with Crippen LogP contribution in [0.2, 0.25) is 0 Å². The summed E-state index contributed by atoms with van der Waals surface area (Å²) in [6, 6.07) is 0. The predicted octanol–water partition coefficient (Wildman–Crippen LogP) is 0.654. The van der Waals surface area contributed by atoms with E-state index in [0.717, 1.165) is 12.8 Å². The number of nitrogens with two attached hydrogens (primary N) is 1. The molecule has 3 N–H and O–H groups in total. The van der Waals surface area contributed by atoms with Gasteiger partial charge in [-0.05, 0) is 33.1 Å². The number of aliphatic hydroxyl groups is 1. The van der Waals surface area contributed by atoms with E-state index in [9.17, 15) is 5.11 Å². The van der Waals surface area contributed by atoms with Crippen molar-refractivity contribution in [2.75, 3.05) is 6.54 Å². The van der Waals surface area contributed by atoms with Gasteiger partial charge < -0.3 is 15.6 Å². The quantitative estimate of drug-likeness (QED) is 0.656. The molecule has 1 rings (SSSR count). The largest absolute Gasteiger partial charge is 0.391 e. The van der Waals surface area contributed by atoms with Gasteiger partial charge in [0.2, 0.25) is 0 Å². The second kappa shape index (κ2) is 3.73. The van der Waals surface area contributed by atoms with Gasteiger partial charge in [-0.3, -0.25) is 0 Å². The molecule has 0 radical (unpaired) electrons. The molecule has 2 unspecified atom stereocenters. The van der Waals surface area contributed by atoms with Gasteiger partial charge in [0, 0.05) is 6.54 Å². The normalized spacial score (nSPS) is 26.0. The van der Waals surface area contributed by atoms with Crippen LogP contribution in [0.4, 0.5) is 0 Å². The molecule has 0 spiro atoms.